The van der Waals surface area contributed by atoms with E-state index in [4.69, 9.17) is 14.5 Å². The van der Waals surface area contributed by atoms with Crippen molar-refractivity contribution in [2.45, 2.75) is 137 Å². The molecule has 1 aromatic heterocycles. The molecule has 6 rings (SSSR count). The standard InChI is InChI=1S/C51H69N7O7/c1-31(2)26-44-55-41-21-19-39(29-42(41)56-44)54-47(61)43(57-45(59)36-16-12-34(13-17-36)30-52-48(62)64-50(4,5)6)28-33-10-14-35(15-11-33)40-20-18-37(27-32(40)3)46(60)53-38-22-24-58(25-23-38)49(63)65-51(7,8)9/h10-11,14-15,18-21,27,29,31,34,36,38,43H,12-13,16-17,22-26,28,30H2,1-9H3,(H,52,62)(H,53,60)(H,54,61)(H,55,56)(H,57,59)/t34-,36-,43-/m0/s1. The minimum atomic E-state index is -0.852. The van der Waals surface area contributed by atoms with E-state index in [1.165, 1.54) is 0 Å². The van der Waals surface area contributed by atoms with Crippen LogP contribution < -0.4 is 21.3 Å². The Balaban J connectivity index is 1.09. The van der Waals surface area contributed by atoms with Gasteiger partial charge in [0.1, 0.15) is 23.1 Å². The van der Waals surface area contributed by atoms with Crippen molar-refractivity contribution >= 4 is 46.6 Å². The molecular formula is C51H69N7O7. The van der Waals surface area contributed by atoms with Crippen molar-refractivity contribution in [3.8, 4) is 11.1 Å². The quantitative estimate of drug-likeness (QED) is 0.0882. The Morgan fingerprint density at radius 3 is 2.12 bits per heavy atom. The molecule has 350 valence electrons. The van der Waals surface area contributed by atoms with E-state index >= 15 is 0 Å². The molecule has 1 atom stereocenters. The number of aromatic nitrogens is 2. The fourth-order valence-electron chi connectivity index (χ4n) is 8.51. The Bertz CT molecular complexity index is 2310. The summed E-state index contributed by atoms with van der Waals surface area (Å²) >= 11 is 0. The number of imidazole rings is 1. The maximum atomic E-state index is 14.1. The lowest BCUT2D eigenvalue weighted by Crippen LogP contribution is -2.48. The zero-order valence-electron chi connectivity index (χ0n) is 39.7. The highest BCUT2D eigenvalue weighted by molar-refractivity contribution is 5.99. The summed E-state index contributed by atoms with van der Waals surface area (Å²) in [5.41, 5.74) is 5.42. The minimum absolute atomic E-state index is 0.0399. The van der Waals surface area contributed by atoms with E-state index in [9.17, 15) is 24.0 Å². The summed E-state index contributed by atoms with van der Waals surface area (Å²) < 4.78 is 10.9. The Labute approximate surface area is 383 Å². The first-order valence-corrected chi connectivity index (χ1v) is 23.2. The Hall–Kier alpha value is -5.92. The number of fused-ring (bicyclic) bond motifs is 1. The van der Waals surface area contributed by atoms with E-state index in [2.05, 4.69) is 40.1 Å². The molecule has 0 radical (unpaired) electrons. The van der Waals surface area contributed by atoms with Gasteiger partial charge in [0.05, 0.1) is 11.0 Å². The van der Waals surface area contributed by atoms with Crippen LogP contribution in [0.3, 0.4) is 0 Å². The number of hydrogen-bond donors (Lipinski definition) is 5. The van der Waals surface area contributed by atoms with Gasteiger partial charge >= 0.3 is 12.2 Å². The molecule has 65 heavy (non-hydrogen) atoms. The molecule has 0 spiro atoms. The number of piperidine rings is 1. The zero-order valence-corrected chi connectivity index (χ0v) is 39.7. The normalized spacial score (nSPS) is 17.6. The predicted molar refractivity (Wildman–Crippen MR) is 253 cm³/mol. The number of H-pyrrole nitrogens is 1. The minimum Gasteiger partial charge on any atom is -0.444 e. The van der Waals surface area contributed by atoms with Gasteiger partial charge in [-0.1, -0.05) is 44.2 Å². The van der Waals surface area contributed by atoms with E-state index in [-0.39, 0.29) is 48.1 Å². The highest BCUT2D eigenvalue weighted by Crippen LogP contribution is 2.30. The van der Waals surface area contributed by atoms with E-state index in [0.29, 0.717) is 62.5 Å². The molecule has 1 aliphatic carbocycles. The number of likely N-dealkylation sites (tertiary alicyclic amines) is 1. The molecule has 0 unspecified atom stereocenters. The van der Waals surface area contributed by atoms with Crippen molar-refractivity contribution in [3.63, 3.8) is 0 Å². The first kappa shape index (κ1) is 48.5. The molecule has 1 aliphatic heterocycles. The Kier molecular flexibility index (Phi) is 15.6. The van der Waals surface area contributed by atoms with Gasteiger partial charge < -0.3 is 40.6 Å². The van der Waals surface area contributed by atoms with E-state index in [0.717, 1.165) is 58.4 Å². The summed E-state index contributed by atoms with van der Waals surface area (Å²) in [6.45, 7) is 18.8. The maximum Gasteiger partial charge on any atom is 0.410 e. The van der Waals surface area contributed by atoms with Crippen LogP contribution in [-0.2, 0) is 31.9 Å². The second-order valence-corrected chi connectivity index (χ2v) is 20.3. The molecule has 3 aromatic carbocycles. The number of carbonyl (C=O) groups excluding carboxylic acids is 5. The fourth-order valence-corrected chi connectivity index (χ4v) is 8.51. The van der Waals surface area contributed by atoms with E-state index in [1.807, 2.05) is 109 Å². The first-order chi connectivity index (χ1) is 30.7. The van der Waals surface area contributed by atoms with Gasteiger partial charge in [-0.25, -0.2) is 14.6 Å². The van der Waals surface area contributed by atoms with Crippen molar-refractivity contribution in [2.75, 3.05) is 25.0 Å². The summed E-state index contributed by atoms with van der Waals surface area (Å²) in [6, 6.07) is 18.3. The van der Waals surface area contributed by atoms with Crippen LogP contribution in [0.15, 0.2) is 60.7 Å². The molecule has 2 heterocycles. The number of aromatic amines is 1. The van der Waals surface area contributed by atoms with Crippen LogP contribution in [0.4, 0.5) is 15.3 Å². The molecule has 14 nitrogen and oxygen atoms in total. The fraction of sp³-hybridized carbons (Fsp3) is 0.529. The van der Waals surface area contributed by atoms with Crippen LogP contribution >= 0.6 is 0 Å². The SMILES string of the molecule is Cc1cc(C(=O)NC2CCN(C(=O)OC(C)(C)C)CC2)ccc1-c1ccc(C[C@H](NC(=O)[C@H]2CC[C@H](CNC(=O)OC(C)(C)C)CC2)C(=O)Nc2ccc3[nH]c(CC(C)C)nc3c2)cc1. The number of ether oxygens (including phenoxy) is 2. The molecule has 5 amide bonds. The van der Waals surface area contributed by atoms with Crippen molar-refractivity contribution in [1.82, 2.24) is 30.8 Å². The van der Waals surface area contributed by atoms with Gasteiger partial charge in [0.25, 0.3) is 5.91 Å². The van der Waals surface area contributed by atoms with Gasteiger partial charge in [-0.05, 0) is 151 Å². The number of alkyl carbamates (subject to hydrolysis) is 1. The highest BCUT2D eigenvalue weighted by Gasteiger charge is 2.31. The molecule has 0 bridgehead atoms. The monoisotopic (exact) mass is 892 g/mol. The number of rotatable bonds is 13. The third kappa shape index (κ3) is 14.3. The molecule has 5 N–H and O–H groups in total. The molecule has 1 saturated carbocycles. The largest absolute Gasteiger partial charge is 0.444 e. The number of amides is 5. The van der Waals surface area contributed by atoms with Gasteiger partial charge in [0, 0.05) is 55.7 Å². The van der Waals surface area contributed by atoms with Gasteiger partial charge in [-0.15, -0.1) is 0 Å². The average molecular weight is 892 g/mol. The number of nitrogens with zero attached hydrogens (tertiary/aromatic N) is 2. The highest BCUT2D eigenvalue weighted by atomic mass is 16.6. The molecule has 2 aliphatic rings. The van der Waals surface area contributed by atoms with E-state index in [1.54, 1.807) is 4.90 Å². The van der Waals surface area contributed by atoms with Crippen molar-refractivity contribution in [1.29, 1.82) is 0 Å². The summed E-state index contributed by atoms with van der Waals surface area (Å²) in [4.78, 5) is 75.8. The third-order valence-corrected chi connectivity index (χ3v) is 11.9. The summed E-state index contributed by atoms with van der Waals surface area (Å²) in [5.74, 6) is 0.678. The van der Waals surface area contributed by atoms with Crippen LogP contribution in [0.2, 0.25) is 0 Å². The van der Waals surface area contributed by atoms with Gasteiger partial charge in [0.2, 0.25) is 11.8 Å². The first-order valence-electron chi connectivity index (χ1n) is 23.2. The van der Waals surface area contributed by atoms with Gasteiger partial charge in [0.15, 0.2) is 0 Å². The van der Waals surface area contributed by atoms with Crippen molar-refractivity contribution < 1.29 is 33.4 Å². The van der Waals surface area contributed by atoms with Crippen LogP contribution in [0.1, 0.15) is 121 Å². The van der Waals surface area contributed by atoms with Crippen LogP contribution in [0.5, 0.6) is 0 Å². The number of hydrogen-bond acceptors (Lipinski definition) is 8. The number of anilines is 1. The second kappa shape index (κ2) is 20.9. The van der Waals surface area contributed by atoms with Crippen molar-refractivity contribution in [2.24, 2.45) is 17.8 Å². The summed E-state index contributed by atoms with van der Waals surface area (Å²) in [6.07, 6.45) is 4.47. The average Bonchev–Trinajstić information content (AvgIpc) is 3.63. The third-order valence-electron chi connectivity index (χ3n) is 11.9. The van der Waals surface area contributed by atoms with E-state index < -0.39 is 23.3 Å². The lowest BCUT2D eigenvalue weighted by atomic mass is 9.81. The molecule has 4 aromatic rings. The number of benzene rings is 3. The number of nitrogens with one attached hydrogen (secondary N) is 5. The van der Waals surface area contributed by atoms with Gasteiger partial charge in [-0.2, -0.15) is 0 Å². The molecular weight excluding hydrogens is 823 g/mol. The maximum absolute atomic E-state index is 14.1. The topological polar surface area (TPSA) is 184 Å². The molecule has 2 fully saturated rings. The van der Waals surface area contributed by atoms with Crippen LogP contribution in [0.25, 0.3) is 22.2 Å². The lowest BCUT2D eigenvalue weighted by Gasteiger charge is -2.33. The van der Waals surface area contributed by atoms with Gasteiger partial charge in [-0.3, -0.25) is 14.4 Å². The second-order valence-electron chi connectivity index (χ2n) is 20.3. The summed E-state index contributed by atoms with van der Waals surface area (Å²) in [7, 11) is 0. The Morgan fingerprint density at radius 2 is 1.49 bits per heavy atom. The predicted octanol–water partition coefficient (Wildman–Crippen LogP) is 8.86. The summed E-state index contributed by atoms with van der Waals surface area (Å²) in [5, 5.41) is 12.2. The number of carbonyl (C=O) groups is 5. The lowest BCUT2D eigenvalue weighted by molar-refractivity contribution is -0.130. The van der Waals surface area contributed by atoms with Crippen molar-refractivity contribution in [3.05, 3.63) is 83.2 Å². The van der Waals surface area contributed by atoms with Crippen LogP contribution in [0, 0.1) is 24.7 Å². The smallest absolute Gasteiger partial charge is 0.410 e. The molecule has 14 heteroatoms. The zero-order chi connectivity index (χ0) is 47.1. The molecule has 1 saturated heterocycles. The number of aryl methyl sites for hydroxylation is 1. The van der Waals surface area contributed by atoms with Crippen LogP contribution in [-0.4, -0.2) is 87.7 Å². The Morgan fingerprint density at radius 1 is 0.815 bits per heavy atom.